The van der Waals surface area contributed by atoms with Crippen LogP contribution in [0.4, 0.5) is 0 Å². The van der Waals surface area contributed by atoms with Gasteiger partial charge in [0.2, 0.25) is 5.82 Å². The van der Waals surface area contributed by atoms with Gasteiger partial charge in [0.1, 0.15) is 5.75 Å². The standard InChI is InChI=1S/C30H33N7O2/c1-5-6-10-23-19-37(28-24(20(2)3)13-9-14-27(28)39-4)30(38)36(23)18-22-16-15-21(17-31-22)25-11-7-8-12-26(25)29-32-34-35-33-29/h7-9,11-17,19-20H,5-6,10,18H2,1-4H3,(H,32,33,34,35). The number of unbranched alkanes of at least 4 members (excludes halogenated alkanes) is 1. The van der Waals surface area contributed by atoms with Crippen molar-refractivity contribution in [3.63, 3.8) is 0 Å². The van der Waals surface area contributed by atoms with Crippen molar-refractivity contribution >= 4 is 0 Å². The highest BCUT2D eigenvalue weighted by Gasteiger charge is 2.20. The van der Waals surface area contributed by atoms with Gasteiger partial charge in [-0.3, -0.25) is 14.1 Å². The number of methoxy groups -OCH3 is 1. The third-order valence-corrected chi connectivity index (χ3v) is 6.93. The number of nitrogens with zero attached hydrogens (tertiary/aromatic N) is 6. The molecule has 0 fully saturated rings. The lowest BCUT2D eigenvalue weighted by molar-refractivity contribution is 0.411. The number of H-pyrrole nitrogens is 1. The Morgan fingerprint density at radius 1 is 1.03 bits per heavy atom. The number of hydrogen-bond donors (Lipinski definition) is 1. The average Bonchev–Trinajstić information content (AvgIpc) is 3.61. The van der Waals surface area contributed by atoms with E-state index in [1.165, 1.54) is 0 Å². The molecular weight excluding hydrogens is 490 g/mol. The van der Waals surface area contributed by atoms with Crippen molar-refractivity contribution in [3.8, 4) is 34.0 Å². The lowest BCUT2D eigenvalue weighted by atomic mass is 10.0. The number of aryl methyl sites for hydroxylation is 1. The number of tetrazole rings is 1. The minimum atomic E-state index is -0.0965. The van der Waals surface area contributed by atoms with Crippen LogP contribution in [0.25, 0.3) is 28.2 Å². The van der Waals surface area contributed by atoms with E-state index >= 15 is 0 Å². The van der Waals surface area contributed by atoms with Crippen LogP contribution in [-0.4, -0.2) is 41.9 Å². The number of pyridine rings is 1. The summed E-state index contributed by atoms with van der Waals surface area (Å²) >= 11 is 0. The second kappa shape index (κ2) is 11.5. The highest BCUT2D eigenvalue weighted by atomic mass is 16.5. The van der Waals surface area contributed by atoms with Crippen molar-refractivity contribution in [1.29, 1.82) is 0 Å². The molecule has 5 aromatic rings. The maximum Gasteiger partial charge on any atom is 0.333 e. The number of nitrogens with one attached hydrogen (secondary N) is 1. The van der Waals surface area contributed by atoms with E-state index < -0.39 is 0 Å². The summed E-state index contributed by atoms with van der Waals surface area (Å²) < 4.78 is 9.27. The Morgan fingerprint density at radius 2 is 1.85 bits per heavy atom. The maximum atomic E-state index is 13.9. The Morgan fingerprint density at radius 3 is 2.51 bits per heavy atom. The molecule has 0 radical (unpaired) electrons. The Labute approximate surface area is 227 Å². The molecule has 0 aliphatic heterocycles. The number of imidazole rings is 1. The molecule has 9 nitrogen and oxygen atoms in total. The van der Waals surface area contributed by atoms with Crippen molar-refractivity contribution in [2.45, 2.75) is 52.5 Å². The van der Waals surface area contributed by atoms with Crippen molar-refractivity contribution < 1.29 is 4.74 Å². The first-order valence-corrected chi connectivity index (χ1v) is 13.3. The summed E-state index contributed by atoms with van der Waals surface area (Å²) in [7, 11) is 1.64. The summed E-state index contributed by atoms with van der Waals surface area (Å²) in [5.41, 5.74) is 6.33. The van der Waals surface area contributed by atoms with Crippen LogP contribution in [0.5, 0.6) is 5.75 Å². The molecule has 0 bridgehead atoms. The smallest absolute Gasteiger partial charge is 0.333 e. The zero-order valence-electron chi connectivity index (χ0n) is 22.8. The second-order valence-corrected chi connectivity index (χ2v) is 9.83. The SMILES string of the molecule is CCCCc1cn(-c2c(OC)cccc2C(C)C)c(=O)n1Cc1ccc(-c2ccccc2-c2nn[nH]n2)cn1. The zero-order valence-corrected chi connectivity index (χ0v) is 22.8. The highest BCUT2D eigenvalue weighted by Crippen LogP contribution is 2.32. The normalized spacial score (nSPS) is 11.3. The average molecular weight is 524 g/mol. The van der Waals surface area contributed by atoms with Crippen LogP contribution in [0.1, 0.15) is 56.5 Å². The molecule has 0 spiro atoms. The molecule has 9 heteroatoms. The predicted octanol–water partition coefficient (Wildman–Crippen LogP) is 5.40. The molecule has 3 aromatic heterocycles. The van der Waals surface area contributed by atoms with E-state index in [0.717, 1.165) is 58.6 Å². The van der Waals surface area contributed by atoms with Crippen LogP contribution in [0.15, 0.2) is 71.8 Å². The molecule has 5 rings (SSSR count). The minimum Gasteiger partial charge on any atom is -0.495 e. The van der Waals surface area contributed by atoms with Crippen LogP contribution in [0.3, 0.4) is 0 Å². The molecule has 200 valence electrons. The van der Waals surface area contributed by atoms with Gasteiger partial charge in [-0.15, -0.1) is 10.2 Å². The molecule has 0 unspecified atom stereocenters. The summed E-state index contributed by atoms with van der Waals surface area (Å²) in [4.78, 5) is 18.6. The summed E-state index contributed by atoms with van der Waals surface area (Å²) in [6.45, 7) is 6.79. The minimum absolute atomic E-state index is 0.0965. The first-order valence-electron chi connectivity index (χ1n) is 13.3. The molecule has 39 heavy (non-hydrogen) atoms. The lowest BCUT2D eigenvalue weighted by Gasteiger charge is -2.16. The van der Waals surface area contributed by atoms with E-state index in [4.69, 9.17) is 9.72 Å². The number of hydrogen-bond acceptors (Lipinski definition) is 6. The van der Waals surface area contributed by atoms with Gasteiger partial charge in [0, 0.05) is 29.2 Å². The number of ether oxygens (including phenoxy) is 1. The highest BCUT2D eigenvalue weighted by molar-refractivity contribution is 5.79. The molecule has 0 saturated heterocycles. The topological polar surface area (TPSA) is 104 Å². The van der Waals surface area contributed by atoms with Crippen molar-refractivity contribution in [1.82, 2.24) is 34.7 Å². The van der Waals surface area contributed by atoms with Crippen molar-refractivity contribution in [2.75, 3.05) is 7.11 Å². The molecule has 0 aliphatic rings. The molecule has 0 aliphatic carbocycles. The summed E-state index contributed by atoms with van der Waals surface area (Å²) in [6.07, 6.45) is 6.64. The van der Waals surface area contributed by atoms with Gasteiger partial charge in [0.15, 0.2) is 0 Å². The molecule has 1 N–H and O–H groups in total. The largest absolute Gasteiger partial charge is 0.495 e. The maximum absolute atomic E-state index is 13.9. The molecule has 2 aromatic carbocycles. The fourth-order valence-electron chi connectivity index (χ4n) is 4.89. The number of para-hydroxylation sites is 1. The zero-order chi connectivity index (χ0) is 27.4. The van der Waals surface area contributed by atoms with E-state index in [0.29, 0.717) is 18.1 Å². The van der Waals surface area contributed by atoms with Crippen LogP contribution in [0.2, 0.25) is 0 Å². The fraction of sp³-hybridized carbons (Fsp3) is 0.300. The van der Waals surface area contributed by atoms with E-state index in [9.17, 15) is 4.79 Å². The van der Waals surface area contributed by atoms with Crippen LogP contribution in [0, 0.1) is 0 Å². The molecule has 0 saturated carbocycles. The van der Waals surface area contributed by atoms with Gasteiger partial charge in [0.25, 0.3) is 0 Å². The van der Waals surface area contributed by atoms with Gasteiger partial charge in [-0.05, 0) is 47.2 Å². The molecule has 0 atom stereocenters. The Hall–Kier alpha value is -4.53. The second-order valence-electron chi connectivity index (χ2n) is 9.83. The third-order valence-electron chi connectivity index (χ3n) is 6.93. The quantitative estimate of drug-likeness (QED) is 0.263. The Kier molecular flexibility index (Phi) is 7.67. The fourth-order valence-corrected chi connectivity index (χ4v) is 4.89. The Balaban J connectivity index is 1.52. The van der Waals surface area contributed by atoms with E-state index in [2.05, 4.69) is 47.5 Å². The van der Waals surface area contributed by atoms with Gasteiger partial charge >= 0.3 is 5.69 Å². The predicted molar refractivity (Wildman–Crippen MR) is 151 cm³/mol. The lowest BCUT2D eigenvalue weighted by Crippen LogP contribution is -2.26. The van der Waals surface area contributed by atoms with Crippen LogP contribution < -0.4 is 10.4 Å². The van der Waals surface area contributed by atoms with Crippen LogP contribution >= 0.6 is 0 Å². The third kappa shape index (κ3) is 5.25. The summed E-state index contributed by atoms with van der Waals surface area (Å²) in [5.74, 6) is 1.44. The van der Waals surface area contributed by atoms with E-state index in [-0.39, 0.29) is 11.6 Å². The van der Waals surface area contributed by atoms with Crippen molar-refractivity contribution in [2.24, 2.45) is 0 Å². The van der Waals surface area contributed by atoms with Crippen molar-refractivity contribution in [3.05, 3.63) is 94.4 Å². The molecule has 3 heterocycles. The summed E-state index contributed by atoms with van der Waals surface area (Å²) in [5, 5.41) is 14.5. The first-order chi connectivity index (χ1) is 19.0. The van der Waals surface area contributed by atoms with Gasteiger partial charge in [0.05, 0.1) is 25.0 Å². The number of rotatable bonds is 10. The monoisotopic (exact) mass is 523 g/mol. The summed E-state index contributed by atoms with van der Waals surface area (Å²) in [6, 6.07) is 17.8. The molecule has 0 amide bonds. The van der Waals surface area contributed by atoms with Gasteiger partial charge in [-0.1, -0.05) is 69.7 Å². The number of aromatic amines is 1. The molecular formula is C30H33N7O2. The number of aromatic nitrogens is 7. The number of benzene rings is 2. The van der Waals surface area contributed by atoms with Gasteiger partial charge in [-0.2, -0.15) is 5.21 Å². The Bertz CT molecular complexity index is 1600. The van der Waals surface area contributed by atoms with E-state index in [1.54, 1.807) is 11.7 Å². The van der Waals surface area contributed by atoms with E-state index in [1.807, 2.05) is 65.5 Å². The van der Waals surface area contributed by atoms with Gasteiger partial charge < -0.3 is 4.74 Å². The van der Waals surface area contributed by atoms with Gasteiger partial charge in [-0.25, -0.2) is 4.79 Å². The first kappa shape index (κ1) is 26.1. The van der Waals surface area contributed by atoms with Crippen LogP contribution in [-0.2, 0) is 13.0 Å².